The summed E-state index contributed by atoms with van der Waals surface area (Å²) in [5, 5.41) is 8.67. The van der Waals surface area contributed by atoms with Crippen molar-refractivity contribution in [3.63, 3.8) is 0 Å². The maximum atomic E-state index is 12.4. The Bertz CT molecular complexity index is 844. The van der Waals surface area contributed by atoms with E-state index in [1.54, 1.807) is 25.3 Å². The van der Waals surface area contributed by atoms with Gasteiger partial charge in [-0.05, 0) is 57.9 Å². The van der Waals surface area contributed by atoms with Crippen molar-refractivity contribution in [3.8, 4) is 17.2 Å². The third-order valence-electron chi connectivity index (χ3n) is 3.40. The number of allylic oxidation sites excluding steroid dienone is 1. The van der Waals surface area contributed by atoms with Crippen LogP contribution in [0.2, 0.25) is 0 Å². The Morgan fingerprint density at radius 2 is 1.73 bits per heavy atom. The van der Waals surface area contributed by atoms with Crippen LogP contribution in [0.25, 0.3) is 6.08 Å². The van der Waals surface area contributed by atoms with Crippen molar-refractivity contribution in [3.05, 3.63) is 58.1 Å². The Morgan fingerprint density at radius 3 is 2.35 bits per heavy atom. The molecule has 0 aromatic heterocycles. The van der Waals surface area contributed by atoms with E-state index < -0.39 is 12.6 Å². The third-order valence-corrected chi connectivity index (χ3v) is 4.02. The second-order valence-electron chi connectivity index (χ2n) is 5.14. The maximum Gasteiger partial charge on any atom is 0.341 e. The number of carbonyl (C=O) groups excluding carboxylic acids is 1. The number of methoxy groups -OCH3 is 2. The summed E-state index contributed by atoms with van der Waals surface area (Å²) in [7, 11) is 3.00. The van der Waals surface area contributed by atoms with E-state index in [0.29, 0.717) is 11.3 Å². The fourth-order valence-electron chi connectivity index (χ4n) is 2.13. The molecule has 0 aliphatic carbocycles. The van der Waals surface area contributed by atoms with Gasteiger partial charge in [0, 0.05) is 5.56 Å². The summed E-state index contributed by atoms with van der Waals surface area (Å²) in [5.74, 6) is -0.0665. The number of ether oxygens (including phenoxy) is 3. The summed E-state index contributed by atoms with van der Waals surface area (Å²) in [4.78, 5) is 22.9. The number of hydrogen-bond acceptors (Lipinski definition) is 5. The highest BCUT2D eigenvalue weighted by Crippen LogP contribution is 2.29. The molecule has 0 fully saturated rings. The highest BCUT2D eigenvalue weighted by molar-refractivity contribution is 9.10. The lowest BCUT2D eigenvalue weighted by Gasteiger charge is -2.10. The van der Waals surface area contributed by atoms with Gasteiger partial charge < -0.3 is 19.3 Å². The summed E-state index contributed by atoms with van der Waals surface area (Å²) in [6, 6.07) is 10.0. The van der Waals surface area contributed by atoms with E-state index in [2.05, 4.69) is 15.9 Å². The molecule has 0 amide bonds. The van der Waals surface area contributed by atoms with E-state index in [1.165, 1.54) is 25.3 Å². The zero-order valence-electron chi connectivity index (χ0n) is 14.2. The van der Waals surface area contributed by atoms with Crippen LogP contribution in [0, 0.1) is 0 Å². The molecule has 136 valence electrons. The van der Waals surface area contributed by atoms with Gasteiger partial charge >= 0.3 is 5.97 Å². The molecule has 0 saturated carbocycles. The standard InChI is InChI=1S/C19H17BrO6/c1-24-16-7-4-12(9-14(16)20)3-6-15(21)13-5-8-17(18(10-13)25-2)26-11-19(22)23/h3-10H,11H2,1-2H3,(H,22,23)/b6-3+. The van der Waals surface area contributed by atoms with Gasteiger partial charge in [-0.15, -0.1) is 0 Å². The molecule has 0 bridgehead atoms. The van der Waals surface area contributed by atoms with Gasteiger partial charge in [0.25, 0.3) is 0 Å². The van der Waals surface area contributed by atoms with Gasteiger partial charge in [0.2, 0.25) is 0 Å². The zero-order chi connectivity index (χ0) is 19.1. The number of ketones is 1. The number of rotatable bonds is 8. The first kappa shape index (κ1) is 19.5. The van der Waals surface area contributed by atoms with Crippen LogP contribution in [-0.2, 0) is 4.79 Å². The first-order valence-corrected chi connectivity index (χ1v) is 8.32. The minimum Gasteiger partial charge on any atom is -0.496 e. The molecule has 0 saturated heterocycles. The highest BCUT2D eigenvalue weighted by Gasteiger charge is 2.11. The van der Waals surface area contributed by atoms with Crippen LogP contribution in [0.3, 0.4) is 0 Å². The molecule has 2 rings (SSSR count). The van der Waals surface area contributed by atoms with Crippen molar-refractivity contribution in [2.75, 3.05) is 20.8 Å². The first-order chi connectivity index (χ1) is 12.4. The minimum atomic E-state index is -1.10. The summed E-state index contributed by atoms with van der Waals surface area (Å²) < 4.78 is 16.2. The molecule has 0 unspecified atom stereocenters. The van der Waals surface area contributed by atoms with Gasteiger partial charge in [0.15, 0.2) is 23.9 Å². The van der Waals surface area contributed by atoms with Gasteiger partial charge in [0.1, 0.15) is 5.75 Å². The van der Waals surface area contributed by atoms with Gasteiger partial charge in [-0.1, -0.05) is 12.1 Å². The average Bonchev–Trinajstić information content (AvgIpc) is 2.64. The number of halogens is 1. The number of carboxylic acids is 1. The van der Waals surface area contributed by atoms with Gasteiger partial charge in [-0.3, -0.25) is 4.79 Å². The highest BCUT2D eigenvalue weighted by atomic mass is 79.9. The number of hydrogen-bond donors (Lipinski definition) is 1. The van der Waals surface area contributed by atoms with Crippen LogP contribution >= 0.6 is 15.9 Å². The Balaban J connectivity index is 2.16. The van der Waals surface area contributed by atoms with Crippen molar-refractivity contribution in [1.29, 1.82) is 0 Å². The normalized spacial score (nSPS) is 10.6. The first-order valence-electron chi connectivity index (χ1n) is 7.53. The Morgan fingerprint density at radius 1 is 1.04 bits per heavy atom. The fourth-order valence-corrected chi connectivity index (χ4v) is 2.69. The molecule has 2 aromatic rings. The van der Waals surface area contributed by atoms with Crippen molar-refractivity contribution in [2.45, 2.75) is 0 Å². The monoisotopic (exact) mass is 420 g/mol. The molecule has 0 aliphatic heterocycles. The van der Waals surface area contributed by atoms with E-state index in [1.807, 2.05) is 12.1 Å². The quantitative estimate of drug-likeness (QED) is 0.516. The van der Waals surface area contributed by atoms with E-state index in [0.717, 1.165) is 10.0 Å². The summed E-state index contributed by atoms with van der Waals surface area (Å²) in [5.41, 5.74) is 1.23. The lowest BCUT2D eigenvalue weighted by atomic mass is 10.1. The lowest BCUT2D eigenvalue weighted by molar-refractivity contribution is -0.139. The summed E-state index contributed by atoms with van der Waals surface area (Å²) in [6.07, 6.45) is 3.13. The molecule has 0 spiro atoms. The number of carboxylic acid groups (broad SMARTS) is 1. The van der Waals surface area contributed by atoms with E-state index in [9.17, 15) is 9.59 Å². The summed E-state index contributed by atoms with van der Waals surface area (Å²) in [6.45, 7) is -0.490. The second kappa shape index (κ2) is 9.05. The maximum absolute atomic E-state index is 12.4. The van der Waals surface area contributed by atoms with E-state index in [-0.39, 0.29) is 17.3 Å². The molecule has 0 radical (unpaired) electrons. The minimum absolute atomic E-state index is 0.222. The molecular weight excluding hydrogens is 404 g/mol. The predicted octanol–water partition coefficient (Wildman–Crippen LogP) is 3.83. The molecule has 0 aliphatic rings. The Labute approximate surface area is 159 Å². The summed E-state index contributed by atoms with van der Waals surface area (Å²) >= 11 is 3.39. The van der Waals surface area contributed by atoms with Gasteiger partial charge in [-0.2, -0.15) is 0 Å². The molecule has 26 heavy (non-hydrogen) atoms. The van der Waals surface area contributed by atoms with Gasteiger partial charge in [0.05, 0.1) is 18.7 Å². The predicted molar refractivity (Wildman–Crippen MR) is 100 cm³/mol. The van der Waals surface area contributed by atoms with Crippen LogP contribution in [0.5, 0.6) is 17.2 Å². The topological polar surface area (TPSA) is 82.1 Å². The van der Waals surface area contributed by atoms with Crippen LogP contribution in [0.4, 0.5) is 0 Å². The molecule has 2 aromatic carbocycles. The number of aliphatic carboxylic acids is 1. The van der Waals surface area contributed by atoms with Crippen LogP contribution in [-0.4, -0.2) is 37.7 Å². The van der Waals surface area contributed by atoms with Crippen molar-refractivity contribution in [2.24, 2.45) is 0 Å². The molecule has 1 N–H and O–H groups in total. The molecular formula is C19H17BrO6. The molecule has 7 heteroatoms. The van der Waals surface area contributed by atoms with Crippen molar-refractivity contribution < 1.29 is 28.9 Å². The van der Waals surface area contributed by atoms with Crippen molar-refractivity contribution >= 4 is 33.8 Å². The van der Waals surface area contributed by atoms with Crippen molar-refractivity contribution in [1.82, 2.24) is 0 Å². The SMILES string of the molecule is COc1ccc(/C=C/C(=O)c2ccc(OCC(=O)O)c(OC)c2)cc1Br. The Kier molecular flexibility index (Phi) is 6.80. The second-order valence-corrected chi connectivity index (χ2v) is 5.99. The van der Waals surface area contributed by atoms with E-state index in [4.69, 9.17) is 19.3 Å². The fraction of sp³-hybridized carbons (Fsp3) is 0.158. The average molecular weight is 421 g/mol. The van der Waals surface area contributed by atoms with E-state index >= 15 is 0 Å². The molecule has 0 heterocycles. The molecule has 0 atom stereocenters. The van der Waals surface area contributed by atoms with Crippen LogP contribution < -0.4 is 14.2 Å². The number of benzene rings is 2. The zero-order valence-corrected chi connectivity index (χ0v) is 15.8. The lowest BCUT2D eigenvalue weighted by Crippen LogP contribution is -2.10. The van der Waals surface area contributed by atoms with Crippen LogP contribution in [0.15, 0.2) is 46.9 Å². The largest absolute Gasteiger partial charge is 0.496 e. The number of carbonyl (C=O) groups is 2. The Hall–Kier alpha value is -2.80. The van der Waals surface area contributed by atoms with Crippen LogP contribution in [0.1, 0.15) is 15.9 Å². The third kappa shape index (κ3) is 5.10. The smallest absolute Gasteiger partial charge is 0.341 e. The van der Waals surface area contributed by atoms with Gasteiger partial charge in [-0.25, -0.2) is 4.79 Å². The molecule has 6 nitrogen and oxygen atoms in total.